The van der Waals surface area contributed by atoms with E-state index in [0.717, 1.165) is 29.7 Å². The SMILES string of the molecule is O=C1C=CC(=O)OC2(O1)c1ccccc1CCN2CCOc1cc2ccccn2n1. The molecule has 8 heteroatoms. The van der Waals surface area contributed by atoms with Crippen LogP contribution in [0.5, 0.6) is 5.88 Å². The number of hydrogen-bond donors (Lipinski definition) is 0. The Labute approximate surface area is 172 Å². The van der Waals surface area contributed by atoms with Crippen LogP contribution in [0.2, 0.25) is 0 Å². The first-order valence-electron chi connectivity index (χ1n) is 9.69. The summed E-state index contributed by atoms with van der Waals surface area (Å²) in [6.07, 6.45) is 4.74. The monoisotopic (exact) mass is 405 g/mol. The number of carbonyl (C=O) groups excluding carboxylic acids is 2. The largest absolute Gasteiger partial charge is 0.475 e. The van der Waals surface area contributed by atoms with Crippen molar-refractivity contribution in [3.8, 4) is 5.88 Å². The molecule has 0 unspecified atom stereocenters. The second-order valence-corrected chi connectivity index (χ2v) is 7.05. The molecular formula is C22H19N3O5. The predicted octanol–water partition coefficient (Wildman–Crippen LogP) is 2.04. The van der Waals surface area contributed by atoms with Crippen LogP contribution in [0.4, 0.5) is 0 Å². The Kier molecular flexibility index (Phi) is 4.48. The highest BCUT2D eigenvalue weighted by Gasteiger charge is 2.50. The van der Waals surface area contributed by atoms with E-state index in [1.807, 2.05) is 59.6 Å². The van der Waals surface area contributed by atoms with Crippen molar-refractivity contribution in [2.24, 2.45) is 0 Å². The minimum atomic E-state index is -1.62. The summed E-state index contributed by atoms with van der Waals surface area (Å²) in [7, 11) is 0. The van der Waals surface area contributed by atoms with Crippen molar-refractivity contribution in [3.05, 3.63) is 78.0 Å². The van der Waals surface area contributed by atoms with Crippen molar-refractivity contribution in [1.82, 2.24) is 14.5 Å². The molecule has 0 saturated carbocycles. The Morgan fingerprint density at radius 2 is 1.80 bits per heavy atom. The number of esters is 2. The highest BCUT2D eigenvalue weighted by molar-refractivity contribution is 5.93. The molecule has 2 aromatic heterocycles. The summed E-state index contributed by atoms with van der Waals surface area (Å²) in [5, 5.41) is 4.37. The molecule has 4 heterocycles. The second kappa shape index (κ2) is 7.31. The van der Waals surface area contributed by atoms with E-state index in [2.05, 4.69) is 5.10 Å². The summed E-state index contributed by atoms with van der Waals surface area (Å²) in [4.78, 5) is 26.3. The number of fused-ring (bicyclic) bond motifs is 3. The third-order valence-corrected chi connectivity index (χ3v) is 5.22. The van der Waals surface area contributed by atoms with Gasteiger partial charge >= 0.3 is 17.8 Å². The number of benzene rings is 1. The normalized spacial score (nSPS) is 18.0. The van der Waals surface area contributed by atoms with Crippen LogP contribution in [0.25, 0.3) is 5.52 Å². The molecule has 1 aromatic carbocycles. The Balaban J connectivity index is 1.40. The van der Waals surface area contributed by atoms with Crippen molar-refractivity contribution in [3.63, 3.8) is 0 Å². The summed E-state index contributed by atoms with van der Waals surface area (Å²) < 4.78 is 18.9. The molecule has 3 aromatic rings. The van der Waals surface area contributed by atoms with E-state index in [0.29, 0.717) is 24.5 Å². The van der Waals surface area contributed by atoms with Gasteiger partial charge in [0.2, 0.25) is 5.88 Å². The van der Waals surface area contributed by atoms with E-state index < -0.39 is 17.8 Å². The minimum Gasteiger partial charge on any atom is -0.475 e. The van der Waals surface area contributed by atoms with Crippen molar-refractivity contribution in [2.45, 2.75) is 12.3 Å². The van der Waals surface area contributed by atoms with Gasteiger partial charge in [-0.15, -0.1) is 5.10 Å². The predicted molar refractivity (Wildman–Crippen MR) is 105 cm³/mol. The van der Waals surface area contributed by atoms with Crippen molar-refractivity contribution in [1.29, 1.82) is 0 Å². The number of carbonyl (C=O) groups is 2. The van der Waals surface area contributed by atoms with Crippen molar-refractivity contribution < 1.29 is 23.8 Å². The van der Waals surface area contributed by atoms with Gasteiger partial charge in [0, 0.05) is 37.5 Å². The van der Waals surface area contributed by atoms with Crippen LogP contribution in [0.3, 0.4) is 0 Å². The van der Waals surface area contributed by atoms with Gasteiger partial charge in [-0.05, 0) is 30.2 Å². The zero-order chi connectivity index (χ0) is 20.6. The van der Waals surface area contributed by atoms with Gasteiger partial charge in [0.05, 0.1) is 11.1 Å². The van der Waals surface area contributed by atoms with E-state index in [1.165, 1.54) is 0 Å². The molecule has 2 aliphatic rings. The fraction of sp³-hybridized carbons (Fsp3) is 0.227. The summed E-state index contributed by atoms with van der Waals surface area (Å²) in [5.74, 6) is -2.40. The van der Waals surface area contributed by atoms with Gasteiger partial charge in [-0.2, -0.15) is 0 Å². The van der Waals surface area contributed by atoms with Gasteiger partial charge in [-0.1, -0.05) is 24.3 Å². The quantitative estimate of drug-likeness (QED) is 0.615. The average Bonchev–Trinajstić information content (AvgIpc) is 3.10. The maximum absolute atomic E-state index is 12.2. The highest BCUT2D eigenvalue weighted by atomic mass is 16.8. The van der Waals surface area contributed by atoms with Gasteiger partial charge in [0.15, 0.2) is 0 Å². The average molecular weight is 405 g/mol. The second-order valence-electron chi connectivity index (χ2n) is 7.05. The number of ether oxygens (including phenoxy) is 3. The van der Waals surface area contributed by atoms with Crippen LogP contribution in [0.1, 0.15) is 11.1 Å². The van der Waals surface area contributed by atoms with Gasteiger partial charge in [0.1, 0.15) is 6.61 Å². The lowest BCUT2D eigenvalue weighted by molar-refractivity contribution is -0.295. The minimum absolute atomic E-state index is 0.274. The molecule has 5 rings (SSSR count). The van der Waals surface area contributed by atoms with E-state index in [-0.39, 0.29) is 6.61 Å². The molecular weight excluding hydrogens is 386 g/mol. The standard InChI is InChI=1S/C22H19N3O5/c26-20-8-9-21(27)30-22(29-20)18-7-2-1-5-16(18)10-12-24(22)13-14-28-19-15-17-6-3-4-11-25(17)23-19/h1-9,11,15H,10,12-14H2. The van der Waals surface area contributed by atoms with E-state index in [1.54, 1.807) is 4.52 Å². The number of pyridine rings is 1. The molecule has 1 spiro atoms. The maximum atomic E-state index is 12.2. The number of rotatable bonds is 4. The van der Waals surface area contributed by atoms with E-state index in [4.69, 9.17) is 14.2 Å². The van der Waals surface area contributed by atoms with Gasteiger partial charge in [0.25, 0.3) is 0 Å². The Morgan fingerprint density at radius 3 is 2.60 bits per heavy atom. The first kappa shape index (κ1) is 18.4. The Hall–Kier alpha value is -3.65. The number of hydrogen-bond acceptors (Lipinski definition) is 7. The highest BCUT2D eigenvalue weighted by Crippen LogP contribution is 2.39. The molecule has 0 atom stereocenters. The van der Waals surface area contributed by atoms with Gasteiger partial charge < -0.3 is 14.2 Å². The Morgan fingerprint density at radius 1 is 1.03 bits per heavy atom. The van der Waals surface area contributed by atoms with E-state index >= 15 is 0 Å². The lowest BCUT2D eigenvalue weighted by atomic mass is 9.95. The fourth-order valence-corrected chi connectivity index (χ4v) is 3.86. The molecule has 2 aliphatic heterocycles. The van der Waals surface area contributed by atoms with Crippen LogP contribution in [0.15, 0.2) is 66.9 Å². The van der Waals surface area contributed by atoms with E-state index in [9.17, 15) is 9.59 Å². The molecule has 8 nitrogen and oxygen atoms in total. The van der Waals surface area contributed by atoms with Crippen LogP contribution >= 0.6 is 0 Å². The first-order chi connectivity index (χ1) is 14.6. The third kappa shape index (κ3) is 3.21. The molecule has 0 aliphatic carbocycles. The van der Waals surface area contributed by atoms with Crippen molar-refractivity contribution in [2.75, 3.05) is 19.7 Å². The fourth-order valence-electron chi connectivity index (χ4n) is 3.86. The lowest BCUT2D eigenvalue weighted by Crippen LogP contribution is -2.56. The summed E-state index contributed by atoms with van der Waals surface area (Å²) >= 11 is 0. The molecule has 0 bridgehead atoms. The zero-order valence-electron chi connectivity index (χ0n) is 16.1. The third-order valence-electron chi connectivity index (χ3n) is 5.22. The molecule has 0 radical (unpaired) electrons. The van der Waals surface area contributed by atoms with Crippen LogP contribution < -0.4 is 4.74 Å². The van der Waals surface area contributed by atoms with Gasteiger partial charge in [-0.3, -0.25) is 0 Å². The van der Waals surface area contributed by atoms with Crippen LogP contribution in [-0.2, 0) is 31.4 Å². The molecule has 0 N–H and O–H groups in total. The molecule has 0 fully saturated rings. The summed E-state index contributed by atoms with van der Waals surface area (Å²) in [6, 6.07) is 15.1. The topological polar surface area (TPSA) is 82.4 Å². The number of aromatic nitrogens is 2. The lowest BCUT2D eigenvalue weighted by Gasteiger charge is -2.44. The van der Waals surface area contributed by atoms with Crippen LogP contribution in [0, 0.1) is 0 Å². The smallest absolute Gasteiger partial charge is 0.349 e. The molecule has 152 valence electrons. The zero-order valence-corrected chi connectivity index (χ0v) is 16.1. The van der Waals surface area contributed by atoms with Gasteiger partial charge in [-0.25, -0.2) is 19.0 Å². The molecule has 0 amide bonds. The Bertz CT molecular complexity index is 1100. The molecule has 0 saturated heterocycles. The number of nitrogens with zero attached hydrogens (tertiary/aromatic N) is 3. The van der Waals surface area contributed by atoms with Crippen LogP contribution in [-0.4, -0.2) is 46.1 Å². The summed E-state index contributed by atoms with van der Waals surface area (Å²) in [6.45, 7) is 1.17. The maximum Gasteiger partial charge on any atom is 0.349 e. The summed E-state index contributed by atoms with van der Waals surface area (Å²) in [5.41, 5.74) is 2.54. The molecule has 30 heavy (non-hydrogen) atoms. The first-order valence-corrected chi connectivity index (χ1v) is 9.69. The van der Waals surface area contributed by atoms with Crippen molar-refractivity contribution >= 4 is 17.5 Å².